The molecule has 8 aliphatic carbocycles. The fraction of sp³-hybridized carbons (Fsp3) is 0.508. The van der Waals surface area contributed by atoms with E-state index in [1.54, 1.807) is 50.3 Å². The maximum absolute atomic E-state index is 4.94. The van der Waals surface area contributed by atoms with Crippen LogP contribution < -0.4 is 26.6 Å². The predicted octanol–water partition coefficient (Wildman–Crippen LogP) is 38.6. The summed E-state index contributed by atoms with van der Waals surface area (Å²) in [5.41, 5.74) is 34.6. The summed E-state index contributed by atoms with van der Waals surface area (Å²) >= 11 is 0. The molecule has 9 aromatic heterocycles. The highest BCUT2D eigenvalue weighted by Crippen LogP contribution is 2.46. The number of pyridine rings is 1. The van der Waals surface area contributed by atoms with Crippen molar-refractivity contribution < 1.29 is 0 Å². The molecule has 0 radical (unpaired) electrons. The predicted molar refractivity (Wildman–Crippen MR) is 653 cm³/mol. The first-order valence-electron chi connectivity index (χ1n) is 55.4. The third kappa shape index (κ3) is 38.2. The van der Waals surface area contributed by atoms with Crippen LogP contribution in [0.4, 0.5) is 34.5 Å². The molecule has 22 rings (SSSR count). The van der Waals surface area contributed by atoms with Gasteiger partial charge in [-0.25, -0.2) is 24.5 Å². The minimum Gasteiger partial charge on any atom is -0.381 e. The highest BCUT2D eigenvalue weighted by Gasteiger charge is 2.33. The smallest absolute Gasteiger partial charge is 0.176 e. The number of allylic oxidation sites excluding steroid dienone is 3. The van der Waals surface area contributed by atoms with E-state index in [0.29, 0.717) is 24.2 Å². The minimum atomic E-state index is 0. The van der Waals surface area contributed by atoms with Crippen LogP contribution in [0.25, 0.3) is 50.2 Å². The van der Waals surface area contributed by atoms with Crippen LogP contribution >= 0.6 is 0 Å². The van der Waals surface area contributed by atoms with Gasteiger partial charge >= 0.3 is 0 Å². The fourth-order valence-electron chi connectivity index (χ4n) is 18.4. The third-order valence-electron chi connectivity index (χ3n) is 23.6. The summed E-state index contributed by atoms with van der Waals surface area (Å²) in [4.78, 5) is 22.8. The van der Waals surface area contributed by atoms with E-state index in [2.05, 4.69) is 202 Å². The minimum absolute atomic E-state index is 0. The Bertz CT molecular complexity index is 5890. The zero-order valence-corrected chi connectivity index (χ0v) is 94.4. The largest absolute Gasteiger partial charge is 0.381 e. The average molecular weight is 2000 g/mol. The van der Waals surface area contributed by atoms with Crippen LogP contribution in [0, 0.1) is 34.6 Å². The Kier molecular flexibility index (Phi) is 74.4. The molecule has 8 aliphatic rings. The Morgan fingerprint density at radius 1 is 0.301 bits per heavy atom. The molecular formula is C128H208N18. The lowest BCUT2D eigenvalue weighted by molar-refractivity contribution is 0.461. The molecule has 810 valence electrons. The Morgan fingerprint density at radius 3 is 1.16 bits per heavy atom. The van der Waals surface area contributed by atoms with Gasteiger partial charge < -0.3 is 26.6 Å². The van der Waals surface area contributed by atoms with Gasteiger partial charge in [-0.15, -0.1) is 0 Å². The molecule has 0 aliphatic heterocycles. The summed E-state index contributed by atoms with van der Waals surface area (Å²) in [6.07, 6.45) is 32.5. The van der Waals surface area contributed by atoms with Crippen LogP contribution in [0.1, 0.15) is 421 Å². The second-order valence-corrected chi connectivity index (χ2v) is 31.6. The molecule has 146 heavy (non-hydrogen) atoms. The first kappa shape index (κ1) is 138. The van der Waals surface area contributed by atoms with Gasteiger partial charge in [0.25, 0.3) is 0 Å². The van der Waals surface area contributed by atoms with E-state index >= 15 is 0 Å². The van der Waals surface area contributed by atoms with Crippen molar-refractivity contribution in [2.75, 3.05) is 26.6 Å². The normalized spacial score (nSPS) is 14.3. The van der Waals surface area contributed by atoms with Crippen molar-refractivity contribution in [3.8, 4) is 0 Å². The lowest BCUT2D eigenvalue weighted by Crippen LogP contribution is -2.24. The number of fused-ring (bicyclic) bond motifs is 13. The van der Waals surface area contributed by atoms with Crippen molar-refractivity contribution in [2.45, 2.75) is 438 Å². The fourth-order valence-corrected chi connectivity index (χ4v) is 18.4. The van der Waals surface area contributed by atoms with Crippen LogP contribution in [0.5, 0.6) is 0 Å². The van der Waals surface area contributed by atoms with Crippen LogP contribution in [-0.4, -0.2) is 87.5 Å². The molecular weight excluding hydrogens is 1790 g/mol. The zero-order valence-electron chi connectivity index (χ0n) is 94.4. The van der Waals surface area contributed by atoms with Gasteiger partial charge in [-0.1, -0.05) is 390 Å². The number of aryl methyl sites for hydroxylation is 7. The summed E-state index contributed by atoms with van der Waals surface area (Å²) in [6, 6.07) is 61.5. The lowest BCUT2D eigenvalue weighted by Gasteiger charge is -2.27. The van der Waals surface area contributed by atoms with E-state index in [4.69, 9.17) is 10.1 Å². The summed E-state index contributed by atoms with van der Waals surface area (Å²) in [5, 5.41) is 37.6. The van der Waals surface area contributed by atoms with Gasteiger partial charge in [0.2, 0.25) is 0 Å². The zero-order chi connectivity index (χ0) is 105. The van der Waals surface area contributed by atoms with Crippen LogP contribution in [-0.2, 0) is 32.1 Å². The van der Waals surface area contributed by atoms with E-state index < -0.39 is 0 Å². The second-order valence-electron chi connectivity index (χ2n) is 31.6. The van der Waals surface area contributed by atoms with Gasteiger partial charge in [-0.2, -0.15) is 33.9 Å². The van der Waals surface area contributed by atoms with E-state index in [9.17, 15) is 0 Å². The summed E-state index contributed by atoms with van der Waals surface area (Å²) < 4.78 is 7.62. The van der Waals surface area contributed by atoms with E-state index in [0.717, 1.165) is 137 Å². The molecule has 3 atom stereocenters. The molecule has 14 aromatic rings. The Labute approximate surface area is 892 Å². The molecule has 1 saturated carbocycles. The van der Waals surface area contributed by atoms with Crippen molar-refractivity contribution in [3.05, 3.63) is 284 Å². The molecule has 0 amide bonds. The molecule has 3 unspecified atom stereocenters. The van der Waals surface area contributed by atoms with Crippen molar-refractivity contribution in [1.82, 2.24) is 63.4 Å². The van der Waals surface area contributed by atoms with Gasteiger partial charge in [-0.05, 0) is 231 Å². The number of rotatable bonds is 10. The average Bonchev–Trinajstić information content (AvgIpc) is 1.60. The van der Waals surface area contributed by atoms with Crippen LogP contribution in [0.2, 0.25) is 0 Å². The molecule has 0 saturated heterocycles. The second kappa shape index (κ2) is 78.5. The number of para-hydroxylation sites is 2. The standard InChI is InChI=1S/C24H26N4.C23H22N2.C20H20N4.C13H18N4.C13H12N4.15C2H6.5CH4/c1-15-12-23(28-24(25-15)20-8-4-5-9-22(20)27-28)26-18-11-10-17-13-16-6-2-3-7-19(16)21(17)14-18;1-15-12-23(20-8-4-5-9-22(20)24-15)25-18-11-10-17-13-16-6-2-3-7-19(16)21(17)14-18;1-13-10-19(20-21-8-9-24(20)23-13)22-16-7-6-15-11-14-4-2-3-5-17(14)18(15)12-16;2*1-10-9-13(16-11-5-3-2-4-6-11)17-12(15-10)7-8-14-17;15*1-2;;;;;/h2-3,6-7,12,18,26H,4-5,8-11,13-14H2,1H3;2-9,12,18H,10-11,13-14H2,1H3,(H,24,25);2-5,8-10,16,22H,6-7,11-12H2,1H3;7-9,11,16H,2-6H2,1H3;2-9,16H,1H3;15*1-2H3;5*1H4. The number of hydrogen-bond acceptors (Lipinski definition) is 14. The van der Waals surface area contributed by atoms with Crippen LogP contribution in [0.15, 0.2) is 211 Å². The Balaban J connectivity index is -0.00000164. The van der Waals surface area contributed by atoms with E-state index in [-0.39, 0.29) is 37.1 Å². The Hall–Kier alpha value is -11.8. The summed E-state index contributed by atoms with van der Waals surface area (Å²) in [5.74, 6) is 3.10. The number of nitrogens with zero attached hydrogens (tertiary/aromatic N) is 13. The lowest BCUT2D eigenvalue weighted by atomic mass is 9.88. The van der Waals surface area contributed by atoms with Crippen molar-refractivity contribution in [2.24, 2.45) is 0 Å². The molecule has 9 heterocycles. The van der Waals surface area contributed by atoms with Gasteiger partial charge in [0.05, 0.1) is 35.0 Å². The SMILES string of the molecule is C.C.C.C.C.CC.CC.CC.CC.CC.CC.CC.CC.CC.CC.CC.CC.CC.CC.CC.Cc1cc(NC2CCC3=C(C2)c2ccccc2C3)c2ccccc2n1.Cc1cc(NC2CCC3=C(C2)c2ccccc2C3)c2nccn2n1.Cc1cc(NC2CCC3=C(C2)c2ccccc2C3)n2nc3c(c2n1)CCCC3.Cc1cc(NC2CCCCC2)n2nccc2n1.Cc1cc(Nc2ccccc2)n2nccc2n1. The topological polar surface area (TPSA) is 194 Å². The van der Waals surface area contributed by atoms with Crippen molar-refractivity contribution >= 4 is 84.7 Å². The molecule has 1 fully saturated rings. The molecule has 18 heteroatoms. The molecule has 5 N–H and O–H groups in total. The summed E-state index contributed by atoms with van der Waals surface area (Å²) in [7, 11) is 0. The van der Waals surface area contributed by atoms with Gasteiger partial charge in [0.1, 0.15) is 17.5 Å². The monoisotopic (exact) mass is 2000 g/mol. The molecule has 18 nitrogen and oxygen atoms in total. The van der Waals surface area contributed by atoms with Crippen molar-refractivity contribution in [3.63, 3.8) is 0 Å². The highest BCUT2D eigenvalue weighted by atomic mass is 15.3. The highest BCUT2D eigenvalue weighted by molar-refractivity contribution is 5.92. The van der Waals surface area contributed by atoms with Crippen LogP contribution in [0.3, 0.4) is 0 Å². The number of benzene rings is 5. The van der Waals surface area contributed by atoms with Gasteiger partial charge in [-0.3, -0.25) is 4.98 Å². The number of aromatic nitrogens is 13. The van der Waals surface area contributed by atoms with Gasteiger partial charge in [0.15, 0.2) is 22.6 Å². The third-order valence-corrected chi connectivity index (χ3v) is 23.6. The number of hydrogen-bond donors (Lipinski definition) is 5. The molecule has 0 spiro atoms. The number of anilines is 6. The quantitative estimate of drug-likeness (QED) is 0.0868. The number of nitrogens with one attached hydrogen (secondary N) is 5. The number of imidazole rings is 1. The summed E-state index contributed by atoms with van der Waals surface area (Å²) in [6.45, 7) is 70.2. The van der Waals surface area contributed by atoms with Crippen molar-refractivity contribution in [1.29, 1.82) is 0 Å². The van der Waals surface area contributed by atoms with Gasteiger partial charge in [0, 0.05) is 112 Å². The first-order valence-corrected chi connectivity index (χ1v) is 55.4. The van der Waals surface area contributed by atoms with E-state index in [1.807, 2.05) is 298 Å². The maximum atomic E-state index is 4.94. The van der Waals surface area contributed by atoms with E-state index in [1.165, 1.54) is 139 Å². The molecule has 0 bridgehead atoms. The molecule has 5 aromatic carbocycles. The first-order chi connectivity index (χ1) is 69.5. The Morgan fingerprint density at radius 2 is 0.685 bits per heavy atom. The maximum Gasteiger partial charge on any atom is 0.176 e.